The Kier molecular flexibility index (Phi) is 6.41. The summed E-state index contributed by atoms with van der Waals surface area (Å²) in [6.45, 7) is 6.87. The van der Waals surface area contributed by atoms with Crippen LogP contribution >= 0.6 is 0 Å². The van der Waals surface area contributed by atoms with E-state index in [9.17, 15) is 9.59 Å². The smallest absolute Gasteiger partial charge is 0.409 e. The van der Waals surface area contributed by atoms with E-state index < -0.39 is 0 Å². The Morgan fingerprint density at radius 1 is 1.11 bits per heavy atom. The molecule has 0 radical (unpaired) electrons. The number of hydrogen-bond donors (Lipinski definition) is 1. The topological polar surface area (TPSA) is 87.7 Å². The van der Waals surface area contributed by atoms with Crippen molar-refractivity contribution in [3.8, 4) is 0 Å². The highest BCUT2D eigenvalue weighted by atomic mass is 16.6. The van der Waals surface area contributed by atoms with Gasteiger partial charge in [0.05, 0.1) is 6.61 Å². The van der Waals surface area contributed by atoms with Gasteiger partial charge in [-0.25, -0.2) is 14.8 Å². The second-order valence-electron chi connectivity index (χ2n) is 6.58. The van der Waals surface area contributed by atoms with Crippen molar-refractivity contribution in [3.63, 3.8) is 0 Å². The number of nitrogens with zero attached hydrogens (tertiary/aromatic N) is 4. The lowest BCUT2D eigenvalue weighted by Gasteiger charge is -2.34. The van der Waals surface area contributed by atoms with Crippen LogP contribution in [0.5, 0.6) is 0 Å². The Morgan fingerprint density at radius 2 is 1.82 bits per heavy atom. The van der Waals surface area contributed by atoms with Gasteiger partial charge in [0, 0.05) is 38.9 Å². The third kappa shape index (κ3) is 4.97. The molecule has 1 aliphatic heterocycles. The van der Waals surface area contributed by atoms with Gasteiger partial charge in [0.2, 0.25) is 5.95 Å². The SMILES string of the molecule is CCOC(=O)N1CCN(c2nccc(C(=O)NCc3ccc(C)cc3)n2)CC1. The average Bonchev–Trinajstić information content (AvgIpc) is 2.73. The van der Waals surface area contributed by atoms with E-state index in [0.29, 0.717) is 51.0 Å². The number of aromatic nitrogens is 2. The fourth-order valence-electron chi connectivity index (χ4n) is 2.91. The minimum atomic E-state index is -0.299. The molecule has 0 spiro atoms. The molecule has 0 bridgehead atoms. The first kappa shape index (κ1) is 19.6. The molecule has 2 aromatic rings. The lowest BCUT2D eigenvalue weighted by Crippen LogP contribution is -2.49. The zero-order valence-electron chi connectivity index (χ0n) is 16.2. The first-order valence-corrected chi connectivity index (χ1v) is 9.40. The molecule has 1 aliphatic rings. The molecule has 148 valence electrons. The average molecular weight is 383 g/mol. The Balaban J connectivity index is 1.57. The van der Waals surface area contributed by atoms with Gasteiger partial charge in [-0.2, -0.15) is 0 Å². The van der Waals surface area contributed by atoms with Crippen molar-refractivity contribution in [1.29, 1.82) is 0 Å². The molecule has 0 saturated carbocycles. The fraction of sp³-hybridized carbons (Fsp3) is 0.400. The number of piperazine rings is 1. The van der Waals surface area contributed by atoms with Crippen LogP contribution in [0, 0.1) is 6.92 Å². The van der Waals surface area contributed by atoms with Gasteiger partial charge >= 0.3 is 6.09 Å². The van der Waals surface area contributed by atoms with Crippen molar-refractivity contribution in [2.75, 3.05) is 37.7 Å². The number of aryl methyl sites for hydroxylation is 1. The number of rotatable bonds is 5. The maximum Gasteiger partial charge on any atom is 0.409 e. The van der Waals surface area contributed by atoms with Crippen LogP contribution in [0.15, 0.2) is 36.5 Å². The van der Waals surface area contributed by atoms with Gasteiger partial charge in [0.15, 0.2) is 0 Å². The minimum Gasteiger partial charge on any atom is -0.450 e. The summed E-state index contributed by atoms with van der Waals surface area (Å²) in [5.74, 6) is 0.251. The second kappa shape index (κ2) is 9.16. The molecule has 1 N–H and O–H groups in total. The zero-order chi connectivity index (χ0) is 19.9. The number of ether oxygens (including phenoxy) is 1. The molecule has 2 amide bonds. The Morgan fingerprint density at radius 3 is 2.50 bits per heavy atom. The maximum absolute atomic E-state index is 12.4. The van der Waals surface area contributed by atoms with Crippen molar-refractivity contribution in [2.45, 2.75) is 20.4 Å². The number of carbonyl (C=O) groups excluding carboxylic acids is 2. The summed E-state index contributed by atoms with van der Waals surface area (Å²) < 4.78 is 5.03. The summed E-state index contributed by atoms with van der Waals surface area (Å²) in [6.07, 6.45) is 1.29. The summed E-state index contributed by atoms with van der Waals surface area (Å²) in [6, 6.07) is 9.61. The molecule has 0 aliphatic carbocycles. The third-order valence-corrected chi connectivity index (χ3v) is 4.54. The molecule has 2 heterocycles. The van der Waals surface area contributed by atoms with Crippen molar-refractivity contribution in [2.24, 2.45) is 0 Å². The van der Waals surface area contributed by atoms with Crippen molar-refractivity contribution in [3.05, 3.63) is 53.3 Å². The highest BCUT2D eigenvalue weighted by Crippen LogP contribution is 2.12. The number of nitrogens with one attached hydrogen (secondary N) is 1. The lowest BCUT2D eigenvalue weighted by molar-refractivity contribution is 0.0945. The fourth-order valence-corrected chi connectivity index (χ4v) is 2.91. The van der Waals surface area contributed by atoms with E-state index in [4.69, 9.17) is 4.74 Å². The maximum atomic E-state index is 12.4. The minimum absolute atomic E-state index is 0.241. The van der Waals surface area contributed by atoms with Crippen LogP contribution in [0.2, 0.25) is 0 Å². The van der Waals surface area contributed by atoms with Crippen LogP contribution in [0.1, 0.15) is 28.5 Å². The standard InChI is InChI=1S/C20H25N5O3/c1-3-28-20(27)25-12-10-24(11-13-25)19-21-9-8-17(23-19)18(26)22-14-16-6-4-15(2)5-7-16/h4-9H,3,10-14H2,1-2H3,(H,22,26). The predicted octanol–water partition coefficient (Wildman–Crippen LogP) is 1.99. The molecule has 1 aromatic carbocycles. The van der Waals surface area contributed by atoms with E-state index in [-0.39, 0.29) is 12.0 Å². The molecule has 1 fully saturated rings. The summed E-state index contributed by atoms with van der Waals surface area (Å²) in [4.78, 5) is 36.5. The van der Waals surface area contributed by atoms with E-state index in [1.165, 1.54) is 5.56 Å². The van der Waals surface area contributed by atoms with Gasteiger partial charge in [-0.3, -0.25) is 4.79 Å². The summed E-state index contributed by atoms with van der Waals surface area (Å²) in [5.41, 5.74) is 2.53. The molecule has 8 nitrogen and oxygen atoms in total. The highest BCUT2D eigenvalue weighted by Gasteiger charge is 2.23. The molecule has 28 heavy (non-hydrogen) atoms. The van der Waals surface area contributed by atoms with Crippen LogP contribution in [0.3, 0.4) is 0 Å². The second-order valence-corrected chi connectivity index (χ2v) is 6.58. The van der Waals surface area contributed by atoms with Gasteiger partial charge in [-0.05, 0) is 25.5 Å². The molecular formula is C20H25N5O3. The Bertz CT molecular complexity index is 817. The van der Waals surface area contributed by atoms with E-state index in [1.54, 1.807) is 24.1 Å². The van der Waals surface area contributed by atoms with Crippen molar-refractivity contribution >= 4 is 17.9 Å². The Hall–Kier alpha value is -3.16. The monoisotopic (exact) mass is 383 g/mol. The summed E-state index contributed by atoms with van der Waals surface area (Å²) in [7, 11) is 0. The van der Waals surface area contributed by atoms with Crippen LogP contribution in [-0.2, 0) is 11.3 Å². The highest BCUT2D eigenvalue weighted by molar-refractivity contribution is 5.92. The van der Waals surface area contributed by atoms with Crippen LogP contribution in [-0.4, -0.2) is 59.7 Å². The summed E-state index contributed by atoms with van der Waals surface area (Å²) in [5, 5.41) is 2.88. The van der Waals surface area contributed by atoms with E-state index in [2.05, 4.69) is 15.3 Å². The van der Waals surface area contributed by atoms with Crippen LogP contribution in [0.4, 0.5) is 10.7 Å². The van der Waals surface area contributed by atoms with Crippen LogP contribution < -0.4 is 10.2 Å². The van der Waals surface area contributed by atoms with Crippen molar-refractivity contribution < 1.29 is 14.3 Å². The number of amides is 2. The van der Waals surface area contributed by atoms with Gasteiger partial charge in [-0.15, -0.1) is 0 Å². The lowest BCUT2D eigenvalue weighted by atomic mass is 10.1. The van der Waals surface area contributed by atoms with Crippen molar-refractivity contribution in [1.82, 2.24) is 20.2 Å². The molecule has 0 unspecified atom stereocenters. The zero-order valence-corrected chi connectivity index (χ0v) is 16.2. The van der Waals surface area contributed by atoms with Gasteiger partial charge in [0.1, 0.15) is 5.69 Å². The normalized spacial score (nSPS) is 13.9. The van der Waals surface area contributed by atoms with E-state index >= 15 is 0 Å². The molecule has 1 saturated heterocycles. The quantitative estimate of drug-likeness (QED) is 0.850. The Labute approximate surface area is 164 Å². The van der Waals surface area contributed by atoms with E-state index in [1.807, 2.05) is 36.1 Å². The van der Waals surface area contributed by atoms with Crippen LogP contribution in [0.25, 0.3) is 0 Å². The van der Waals surface area contributed by atoms with Gasteiger partial charge < -0.3 is 19.9 Å². The number of carbonyl (C=O) groups is 2. The first-order chi connectivity index (χ1) is 13.6. The first-order valence-electron chi connectivity index (χ1n) is 9.40. The largest absolute Gasteiger partial charge is 0.450 e. The molecule has 8 heteroatoms. The van der Waals surface area contributed by atoms with E-state index in [0.717, 1.165) is 5.56 Å². The molecule has 3 rings (SSSR count). The van der Waals surface area contributed by atoms with Gasteiger partial charge in [0.25, 0.3) is 5.91 Å². The van der Waals surface area contributed by atoms with Gasteiger partial charge in [-0.1, -0.05) is 29.8 Å². The number of benzene rings is 1. The summed E-state index contributed by atoms with van der Waals surface area (Å²) >= 11 is 0. The molecule has 0 atom stereocenters. The third-order valence-electron chi connectivity index (χ3n) is 4.54. The molecule has 1 aromatic heterocycles. The molecular weight excluding hydrogens is 358 g/mol. The number of hydrogen-bond acceptors (Lipinski definition) is 6. The number of anilines is 1. The predicted molar refractivity (Wildman–Crippen MR) is 105 cm³/mol.